The van der Waals surface area contributed by atoms with E-state index in [2.05, 4.69) is 196 Å². The number of aromatic carboxylic acids is 1. The number of fused-ring (bicyclic) bond motifs is 6. The quantitative estimate of drug-likeness (QED) is 0.0355. The summed E-state index contributed by atoms with van der Waals surface area (Å²) in [6.45, 7) is 1.93. The average molecular weight is 2440 g/mol. The number of aromatic nitrogens is 12. The summed E-state index contributed by atoms with van der Waals surface area (Å²) in [5.74, 6) is 4.16. The minimum Gasteiger partial charge on any atom is -1.00 e. The van der Waals surface area contributed by atoms with Crippen molar-refractivity contribution < 1.29 is 102 Å². The van der Waals surface area contributed by atoms with Crippen LogP contribution in [0.3, 0.4) is 0 Å². The second-order valence-electron chi connectivity index (χ2n) is 25.0. The predicted molar refractivity (Wildman–Crippen MR) is 586 cm³/mol. The van der Waals surface area contributed by atoms with Crippen LogP contribution in [-0.2, 0) is 8.26 Å². The van der Waals surface area contributed by atoms with Gasteiger partial charge in [0.25, 0.3) is 0 Å². The molecule has 138 heavy (non-hydrogen) atoms. The van der Waals surface area contributed by atoms with E-state index in [0.29, 0.717) is 79.0 Å². The van der Waals surface area contributed by atoms with Crippen LogP contribution in [0.1, 0.15) is 76.3 Å². The number of benzene rings is 11. The number of methoxy groups -OCH3 is 8. The zero-order valence-electron chi connectivity index (χ0n) is 71.5. The molecule has 17 rings (SSSR count). The fraction of sp³-hybridized carbons (Fsp3) is 0.183. The van der Waals surface area contributed by atoms with Crippen molar-refractivity contribution in [3.05, 3.63) is 262 Å². The third-order valence-electron chi connectivity index (χ3n) is 17.0. The summed E-state index contributed by atoms with van der Waals surface area (Å²) in [6, 6.07) is 53.8. The van der Waals surface area contributed by atoms with E-state index in [4.69, 9.17) is 72.9 Å². The van der Waals surface area contributed by atoms with E-state index in [0.717, 1.165) is 120 Å². The molecule has 0 aliphatic heterocycles. The van der Waals surface area contributed by atoms with Gasteiger partial charge in [0.15, 0.2) is 0 Å². The molecule has 30 nitrogen and oxygen atoms in total. The molecule has 8 N–H and O–H groups in total. The maximum absolute atomic E-state index is 11.4. The molecule has 0 aliphatic carbocycles. The molecule has 17 aromatic rings. The zero-order valence-corrected chi connectivity index (χ0v) is 87.6. The number of carbonyl (C=O) groups is 1. The smallest absolute Gasteiger partial charge is 1.00 e. The first kappa shape index (κ1) is 130. The SMILES string of the molecule is Brc1ccc(Br)c2nccnc12.Brc1ccc(Br)c2nsnc12.C.C.C.C.C.C.C.CCO.COc1cc(OC)cc(-c2ccc(Br)c3nccnc23)c1.COc1cc(OC)cc(-c2ccc(C#N)c3nccnc23)c1.COc1cc(OC)cc(-c2ccc(C(=O)O)c3nccnc23)c1.COc1cc(OC)cc(B(O)O)c1.Nc1c(Br)ccc(Br)c1N.O=S(=O)(Cl)Cl.[B].[H-].[Na+].c1ccc2nsnc2c1. The summed E-state index contributed by atoms with van der Waals surface area (Å²) in [5, 5.41) is 43.9. The number of nitriles is 1. The molecule has 6 aromatic heterocycles. The van der Waals surface area contributed by atoms with Crippen LogP contribution < -0.4 is 84.4 Å². The standard InChI is InChI=1S/C17H13N3O2.C17H14N2O4.C16H13BrN2O2.C8H11BO4.C8H4Br2N2.C6H2Br2N2S.C6H6Br2N2.C6H4N2S.C2H6O.7CH4.B.Cl2O2S.Na.H/c1-21-13-7-12(8-14(9-13)22-2)15-4-3-11(10-18)16-17(15)20-6-5-19-16;1-22-11-7-10(8-12(9-11)23-2)13-3-4-14(17(20)21)16-15(13)18-5-6-19-16;1-20-11-7-10(8-12(9-11)21-2)13-3-4-14(17)16-15(13)18-5-6-19-16;1-12-7-3-6(9(10)11)4-8(5-7)13-2;9-5-1-2-6(10)8-7(5)11-3-4-12-8;7-3-1-2-4(8)6-5(3)9-11-10-6;7-3-1-2-4(8)6(10)5(3)9;1-2-4-6-5(3-1)7-9-8-6;1-2-3;;;;;;;;;1-5(2,3)4;;/h3-9H,1-2H3;3-9H,1-2H3,(H,20,21);3-9H,1-2H3;3-5,10-11H,1-2H3;1-4H;1-2H;1-2H,9-10H2;1-4H;3H,2H2,1H3;7*1H4;;;;/q;;;;;;;;;;;;;;;;;;+1;-1. The molecular formula is C93H102B2Br7Cl2N15NaO15S3. The van der Waals surface area contributed by atoms with Crippen LogP contribution in [0.4, 0.5) is 11.4 Å². The zero-order chi connectivity index (χ0) is 94.0. The number of halogens is 9. The Morgan fingerprint density at radius 1 is 0.399 bits per heavy atom. The largest absolute Gasteiger partial charge is 1.00 e. The third-order valence-corrected chi connectivity index (χ3v) is 22.7. The first-order chi connectivity index (χ1) is 61.9. The second kappa shape index (κ2) is 65.3. The minimum atomic E-state index is -3.72. The van der Waals surface area contributed by atoms with Crippen molar-refractivity contribution >= 4 is 269 Å². The van der Waals surface area contributed by atoms with Crippen LogP contribution in [0.25, 0.3) is 99.6 Å². The van der Waals surface area contributed by atoms with Gasteiger partial charge in [-0.25, -0.2) is 4.79 Å². The van der Waals surface area contributed by atoms with Crippen LogP contribution in [0, 0.1) is 11.3 Å². The molecule has 727 valence electrons. The molecule has 0 saturated heterocycles. The molecule has 0 saturated carbocycles. The van der Waals surface area contributed by atoms with Crippen LogP contribution in [0.2, 0.25) is 0 Å². The summed E-state index contributed by atoms with van der Waals surface area (Å²) >= 11 is 26.1. The van der Waals surface area contributed by atoms with Gasteiger partial charge < -0.3 is 71.0 Å². The summed E-state index contributed by atoms with van der Waals surface area (Å²) in [4.78, 5) is 45.7. The molecule has 3 radical (unpaired) electrons. The Morgan fingerprint density at radius 3 is 0.942 bits per heavy atom. The number of anilines is 2. The van der Waals surface area contributed by atoms with Gasteiger partial charge in [-0.05, 0) is 256 Å². The van der Waals surface area contributed by atoms with Crippen molar-refractivity contribution in [1.82, 2.24) is 57.4 Å². The van der Waals surface area contributed by atoms with Crippen LogP contribution in [0.5, 0.6) is 46.0 Å². The van der Waals surface area contributed by atoms with E-state index in [1.54, 1.807) is 117 Å². The predicted octanol–water partition coefficient (Wildman–Crippen LogP) is 22.0. The van der Waals surface area contributed by atoms with Gasteiger partial charge >= 0.3 is 50.9 Å². The van der Waals surface area contributed by atoms with Gasteiger partial charge in [-0.3, -0.25) is 39.9 Å². The van der Waals surface area contributed by atoms with Crippen molar-refractivity contribution in [3.8, 4) is 85.4 Å². The van der Waals surface area contributed by atoms with E-state index in [1.807, 2.05) is 121 Å². The molecular weight excluding hydrogens is 2340 g/mol. The van der Waals surface area contributed by atoms with E-state index in [1.165, 1.54) is 68.3 Å². The number of ether oxygens (including phenoxy) is 8. The Kier molecular flexibility index (Phi) is 61.7. The molecule has 6 heterocycles. The summed E-state index contributed by atoms with van der Waals surface area (Å²) < 4.78 is 82.9. The van der Waals surface area contributed by atoms with Crippen molar-refractivity contribution in [2.75, 3.05) is 75.0 Å². The number of rotatable bonds is 13. The maximum Gasteiger partial charge on any atom is 1.00 e. The van der Waals surface area contributed by atoms with Crippen molar-refractivity contribution in [2.24, 2.45) is 0 Å². The molecule has 0 aliphatic rings. The first-order valence-electron chi connectivity index (χ1n) is 36.7. The number of aliphatic hydroxyl groups is 1. The number of nitrogens with two attached hydrogens (primary N) is 2. The number of carboxylic acid groups (broad SMARTS) is 1. The molecule has 45 heteroatoms. The Labute approximate surface area is 905 Å². The average Bonchev–Trinajstić information content (AvgIpc) is 0.999. The van der Waals surface area contributed by atoms with Gasteiger partial charge in [-0.1, -0.05) is 82.3 Å². The van der Waals surface area contributed by atoms with Gasteiger partial charge in [0, 0.05) is 158 Å². The molecule has 0 spiro atoms. The topological polar surface area (TPSA) is 436 Å². The van der Waals surface area contributed by atoms with Crippen molar-refractivity contribution in [3.63, 3.8) is 0 Å². The minimum absolute atomic E-state index is 0. The summed E-state index contributed by atoms with van der Waals surface area (Å²) in [6.07, 6.45) is 12.9. The van der Waals surface area contributed by atoms with E-state index in [9.17, 15) is 15.2 Å². The number of carboxylic acids is 1. The molecule has 0 amide bonds. The Hall–Kier alpha value is -9.72. The maximum atomic E-state index is 11.4. The number of aliphatic hydroxyl groups excluding tert-OH is 1. The first-order valence-corrected chi connectivity index (χ1v) is 46.9. The molecule has 11 aromatic carbocycles. The van der Waals surface area contributed by atoms with Crippen molar-refractivity contribution in [2.45, 2.75) is 58.9 Å². The summed E-state index contributed by atoms with van der Waals surface area (Å²) in [5.41, 5.74) is 28.0. The Balaban J connectivity index is -0.00000151. The van der Waals surface area contributed by atoms with Crippen LogP contribution in [0.15, 0.2) is 251 Å². The van der Waals surface area contributed by atoms with Gasteiger partial charge in [0.05, 0.1) is 119 Å². The normalized spacial score (nSPS) is 9.59. The summed E-state index contributed by atoms with van der Waals surface area (Å²) in [7, 11) is 15.9. The van der Waals surface area contributed by atoms with Crippen LogP contribution in [-0.4, -0.2) is 171 Å². The molecule has 0 bridgehead atoms. The van der Waals surface area contributed by atoms with E-state index in [-0.39, 0.29) is 104 Å². The number of hydrogen-bond donors (Lipinski definition) is 6. The Bertz CT molecular complexity index is 6670. The fourth-order valence-corrected chi connectivity index (χ4v) is 15.2. The van der Waals surface area contributed by atoms with E-state index < -0.39 is 21.4 Å². The Morgan fingerprint density at radius 2 is 0.638 bits per heavy atom. The van der Waals surface area contributed by atoms with Gasteiger partial charge in [0.1, 0.15) is 102 Å². The van der Waals surface area contributed by atoms with Crippen molar-refractivity contribution in [1.29, 1.82) is 5.26 Å². The second-order valence-corrected chi connectivity index (χ2v) is 35.7. The van der Waals surface area contributed by atoms with Gasteiger partial charge in [-0.2, -0.15) is 31.2 Å². The fourth-order valence-electron chi connectivity index (χ4n) is 11.1. The van der Waals surface area contributed by atoms with Gasteiger partial charge in [0.2, 0.25) is 0 Å². The molecule has 0 unspecified atom stereocenters. The van der Waals surface area contributed by atoms with Gasteiger partial charge in [-0.15, -0.1) is 0 Å². The number of hydrogen-bond acceptors (Lipinski definition) is 31. The molecule has 0 fully saturated rings. The number of nitrogens with zero attached hydrogens (tertiary/aromatic N) is 13. The monoisotopic (exact) mass is 2430 g/mol. The van der Waals surface area contributed by atoms with Crippen LogP contribution >= 0.6 is 156 Å². The van der Waals surface area contributed by atoms with E-state index >= 15 is 0 Å². The molecule has 0 atom stereocenters. The number of nitrogen functional groups attached to an aromatic ring is 2. The third kappa shape index (κ3) is 37.7.